The Morgan fingerprint density at radius 1 is 1.14 bits per heavy atom. The molecule has 0 bridgehead atoms. The molecule has 7 heavy (non-hydrogen) atoms. The Balaban J connectivity index is -0.00000000333. The van der Waals surface area contributed by atoms with E-state index in [9.17, 15) is 0 Å². The molecule has 0 spiro atoms. The predicted molar refractivity (Wildman–Crippen MR) is 21.6 cm³/mol. The zero-order valence-electron chi connectivity index (χ0n) is 2.73. The Bertz CT molecular complexity index is 8.04. The van der Waals surface area contributed by atoms with E-state index in [1.165, 1.54) is 0 Å². The molecular formula is H9CaClO5. The third kappa shape index (κ3) is 115. The molecule has 0 radical (unpaired) electrons. The van der Waals surface area contributed by atoms with Crippen molar-refractivity contribution in [3.05, 3.63) is 0 Å². The van der Waals surface area contributed by atoms with Gasteiger partial charge in [-0.3, -0.25) is 0 Å². The molecule has 48 valence electrons. The Hall–Kier alpha value is 1.35. The van der Waals surface area contributed by atoms with Crippen LogP contribution in [0.3, 0.4) is 0 Å². The molecule has 0 aromatic heterocycles. The Kier molecular flexibility index (Phi) is 308. The second-order valence-electron chi connectivity index (χ2n) is 0.0690. The van der Waals surface area contributed by atoms with Crippen molar-refractivity contribution in [2.75, 3.05) is 0 Å². The first-order valence-corrected chi connectivity index (χ1v) is 0.970. The number of rotatable bonds is 0. The van der Waals surface area contributed by atoms with Crippen molar-refractivity contribution in [1.29, 1.82) is 0 Å². The summed E-state index contributed by atoms with van der Waals surface area (Å²) in [4.78, 5) is 0. The van der Waals surface area contributed by atoms with Gasteiger partial charge < -0.3 is 21.1 Å². The van der Waals surface area contributed by atoms with Gasteiger partial charge in [-0.15, -0.1) is 4.66 Å². The molecule has 0 amide bonds. The fourth-order valence-corrected chi connectivity index (χ4v) is 0. The minimum atomic E-state index is -0.167. The summed E-state index contributed by atoms with van der Waals surface area (Å²) >= 11 is -0.167. The summed E-state index contributed by atoms with van der Waals surface area (Å²) < 4.78 is 15.2. The third-order valence-electron chi connectivity index (χ3n) is 0. The van der Waals surface area contributed by atoms with Gasteiger partial charge >= 0.3 is 49.1 Å². The fourth-order valence-electron chi connectivity index (χ4n) is 0. The van der Waals surface area contributed by atoms with E-state index in [0.29, 0.717) is 0 Å². The Morgan fingerprint density at radius 3 is 1.14 bits per heavy atom. The second-order valence-corrected chi connectivity index (χ2v) is 0.207. The van der Waals surface area contributed by atoms with Crippen LogP contribution in [-0.2, 0) is 0 Å². The molecule has 0 rings (SSSR count). The van der Waals surface area contributed by atoms with Crippen molar-refractivity contribution in [2.24, 2.45) is 0 Å². The van der Waals surface area contributed by atoms with Crippen LogP contribution in [0.2, 0.25) is 0 Å². The predicted octanol–water partition coefficient (Wildman–Crippen LogP) is -5.14. The van der Waals surface area contributed by atoms with Crippen molar-refractivity contribution in [1.82, 2.24) is 0 Å². The van der Waals surface area contributed by atoms with E-state index in [1.54, 1.807) is 0 Å². The van der Waals surface area contributed by atoms with Crippen molar-refractivity contribution < 1.29 is 37.1 Å². The molecule has 0 saturated carbocycles. The summed E-state index contributed by atoms with van der Waals surface area (Å²) in [6.45, 7) is 0. The van der Waals surface area contributed by atoms with Crippen LogP contribution in [0.4, 0.5) is 0 Å². The van der Waals surface area contributed by atoms with Gasteiger partial charge in [-0.25, -0.2) is 0 Å². The Morgan fingerprint density at radius 2 is 1.14 bits per heavy atom. The van der Waals surface area contributed by atoms with Crippen LogP contribution >= 0.6 is 0 Å². The zero-order valence-corrected chi connectivity index (χ0v) is 3.49. The molecule has 0 aliphatic carbocycles. The molecule has 0 saturated heterocycles. The average Bonchev–Trinajstić information content (AvgIpc) is 0.918. The summed E-state index contributed by atoms with van der Waals surface area (Å²) in [6.07, 6.45) is 0. The van der Waals surface area contributed by atoms with Gasteiger partial charge in [0.1, 0.15) is 0 Å². The van der Waals surface area contributed by atoms with E-state index in [-0.39, 0.29) is 65.5 Å². The second kappa shape index (κ2) is 53.7. The molecule has 0 heterocycles. The molecule has 0 fully saturated rings. The molecule has 7 N–H and O–H groups in total. The summed E-state index contributed by atoms with van der Waals surface area (Å²) in [6, 6.07) is 0. The van der Waals surface area contributed by atoms with Crippen molar-refractivity contribution >= 4 is 37.7 Å². The first-order chi connectivity index (χ1) is 1.41. The largest absolute Gasteiger partial charge is 0.506 e. The van der Waals surface area contributed by atoms with Crippen molar-refractivity contribution in [3.63, 3.8) is 0 Å². The van der Waals surface area contributed by atoms with Crippen LogP contribution in [0.1, 0.15) is 0 Å². The molecule has 0 atom stereocenters. The zero-order chi connectivity index (χ0) is 2.71. The first kappa shape index (κ1) is 40.2. The molecule has 0 aromatic carbocycles. The van der Waals surface area contributed by atoms with E-state index in [0.717, 1.165) is 0 Å². The van der Waals surface area contributed by atoms with Gasteiger partial charge in [0.25, 0.3) is 0 Å². The number of hydrogen-bond donors (Lipinski definition) is 1. The third-order valence-corrected chi connectivity index (χ3v) is 0. The SMILES string of the molecule is O.O.O.[CaH2].[O-][Cl+]O. The van der Waals surface area contributed by atoms with Crippen LogP contribution in [-0.4, -0.2) is 58.8 Å². The van der Waals surface area contributed by atoms with Crippen LogP contribution in [0.5, 0.6) is 0 Å². The smallest absolute Gasteiger partial charge is 0.327 e. The topological polar surface area (TPSA) is 138 Å². The molecule has 5 nitrogen and oxygen atoms in total. The fraction of sp³-hybridized carbons (Fsp3) is 0. The van der Waals surface area contributed by atoms with Gasteiger partial charge in [0.15, 0.2) is 0 Å². The minimum Gasteiger partial charge on any atom is -0.506 e. The molecule has 7 heteroatoms. The van der Waals surface area contributed by atoms with Gasteiger partial charge in [-0.2, -0.15) is 0 Å². The maximum atomic E-state index is 8.35. The van der Waals surface area contributed by atoms with E-state index >= 15 is 0 Å². The summed E-state index contributed by atoms with van der Waals surface area (Å²) in [5.74, 6) is 0. The van der Waals surface area contributed by atoms with E-state index in [1.807, 2.05) is 0 Å². The maximum Gasteiger partial charge on any atom is 0.327 e. The average molecular weight is 165 g/mol. The monoisotopic (exact) mass is 164 g/mol. The quantitative estimate of drug-likeness (QED) is 0.358. The molecule has 0 aliphatic heterocycles. The molecule has 0 aliphatic rings. The standard InChI is InChI=1S/Ca.ClHO2.3H2O.2H/c;2-1-3;;;;;/h;2H;3*1H2;;. The van der Waals surface area contributed by atoms with Gasteiger partial charge in [-0.05, 0) is 0 Å². The van der Waals surface area contributed by atoms with E-state index < -0.39 is 0 Å². The first-order valence-electron chi connectivity index (χ1n) is 0.323. The number of hydrogen-bond acceptors (Lipinski definition) is 2. The Labute approximate surface area is 74.3 Å². The van der Waals surface area contributed by atoms with Crippen LogP contribution < -0.4 is 4.66 Å². The van der Waals surface area contributed by atoms with Gasteiger partial charge in [0.2, 0.25) is 0 Å². The normalized spacial score (nSPS) is 2.57. The van der Waals surface area contributed by atoms with E-state index in [4.69, 9.17) is 9.32 Å². The molecular weight excluding hydrogens is 156 g/mol. The van der Waals surface area contributed by atoms with Crippen molar-refractivity contribution in [3.8, 4) is 0 Å². The molecule has 0 aromatic rings. The summed E-state index contributed by atoms with van der Waals surface area (Å²) in [5.41, 5.74) is 0. The van der Waals surface area contributed by atoms with Crippen molar-refractivity contribution in [2.45, 2.75) is 0 Å². The minimum absolute atomic E-state index is 0. The summed E-state index contributed by atoms with van der Waals surface area (Å²) in [5, 5.41) is 0. The molecule has 0 unspecified atom stereocenters. The van der Waals surface area contributed by atoms with E-state index in [2.05, 4.69) is 0 Å². The van der Waals surface area contributed by atoms with Gasteiger partial charge in [0, 0.05) is 0 Å². The maximum absolute atomic E-state index is 8.35. The van der Waals surface area contributed by atoms with Gasteiger partial charge in [0.05, 0.1) is 0 Å². The van der Waals surface area contributed by atoms with Crippen LogP contribution in [0, 0.1) is 11.3 Å². The van der Waals surface area contributed by atoms with Gasteiger partial charge in [-0.1, -0.05) is 0 Å². The van der Waals surface area contributed by atoms with Crippen LogP contribution in [0.25, 0.3) is 0 Å². The van der Waals surface area contributed by atoms with Crippen LogP contribution in [0.15, 0.2) is 0 Å². The summed E-state index contributed by atoms with van der Waals surface area (Å²) in [7, 11) is 0. The number of halogens is 1.